The quantitative estimate of drug-likeness (QED) is 0.592. The summed E-state index contributed by atoms with van der Waals surface area (Å²) in [5.41, 5.74) is 2.38. The normalized spacial score (nSPS) is 10.7. The van der Waals surface area contributed by atoms with E-state index in [0.29, 0.717) is 5.56 Å². The maximum absolute atomic E-state index is 13.7. The molecule has 0 saturated carbocycles. The fraction of sp³-hybridized carbons (Fsp3) is 0.188. The van der Waals surface area contributed by atoms with Gasteiger partial charge in [-0.15, -0.1) is 0 Å². The summed E-state index contributed by atoms with van der Waals surface area (Å²) in [7, 11) is 0. The largest absolute Gasteiger partial charge is 0.288 e. The summed E-state index contributed by atoms with van der Waals surface area (Å²) in [6.45, 7) is 5.44. The molecule has 2 aromatic carbocycles. The zero-order valence-corrected chi connectivity index (χ0v) is 11.4. The van der Waals surface area contributed by atoms with Gasteiger partial charge in [0.2, 0.25) is 0 Å². The lowest BCUT2D eigenvalue weighted by molar-refractivity contribution is 0.103. The van der Waals surface area contributed by atoms with E-state index >= 15 is 0 Å². The van der Waals surface area contributed by atoms with Gasteiger partial charge in [0.1, 0.15) is 0 Å². The first-order valence-corrected chi connectivity index (χ1v) is 6.09. The van der Waals surface area contributed by atoms with Crippen LogP contribution < -0.4 is 0 Å². The van der Waals surface area contributed by atoms with Crippen molar-refractivity contribution in [3.05, 3.63) is 69.5 Å². The first-order chi connectivity index (χ1) is 9.32. The molecule has 0 unspecified atom stereocenters. The lowest BCUT2D eigenvalue weighted by Gasteiger charge is -2.10. The summed E-state index contributed by atoms with van der Waals surface area (Å²) in [5.74, 6) is -5.04. The monoisotopic (exact) mass is 278 g/mol. The van der Waals surface area contributed by atoms with Gasteiger partial charge >= 0.3 is 0 Å². The molecule has 0 aromatic heterocycles. The first kappa shape index (κ1) is 14.3. The Labute approximate surface area is 115 Å². The molecule has 0 fully saturated rings. The predicted molar refractivity (Wildman–Crippen MR) is 70.4 cm³/mol. The highest BCUT2D eigenvalue weighted by Crippen LogP contribution is 2.22. The molecule has 0 radical (unpaired) electrons. The average Bonchev–Trinajstić information content (AvgIpc) is 2.40. The van der Waals surface area contributed by atoms with Crippen LogP contribution in [0, 0.1) is 38.2 Å². The average molecular weight is 278 g/mol. The van der Waals surface area contributed by atoms with Crippen molar-refractivity contribution in [1.82, 2.24) is 0 Å². The summed E-state index contributed by atoms with van der Waals surface area (Å²) < 4.78 is 39.8. The smallest absolute Gasteiger partial charge is 0.196 e. The van der Waals surface area contributed by atoms with Crippen LogP contribution in [-0.4, -0.2) is 5.78 Å². The number of hydrogen-bond donors (Lipinski definition) is 0. The van der Waals surface area contributed by atoms with Crippen molar-refractivity contribution in [3.8, 4) is 0 Å². The van der Waals surface area contributed by atoms with Crippen LogP contribution in [0.3, 0.4) is 0 Å². The maximum Gasteiger partial charge on any atom is 0.196 e. The number of ketones is 1. The molecular formula is C16H13F3O. The minimum atomic E-state index is -1.63. The Bertz CT molecular complexity index is 701. The molecule has 0 saturated heterocycles. The molecule has 0 aliphatic heterocycles. The van der Waals surface area contributed by atoms with Gasteiger partial charge in [0.15, 0.2) is 23.2 Å². The molecular weight excluding hydrogens is 265 g/mol. The highest BCUT2D eigenvalue weighted by Gasteiger charge is 2.21. The van der Waals surface area contributed by atoms with Crippen molar-refractivity contribution >= 4 is 5.78 Å². The Kier molecular flexibility index (Phi) is 3.66. The van der Waals surface area contributed by atoms with Crippen LogP contribution in [0.25, 0.3) is 0 Å². The van der Waals surface area contributed by atoms with E-state index in [1.54, 1.807) is 19.1 Å². The van der Waals surface area contributed by atoms with E-state index < -0.39 is 28.8 Å². The molecule has 2 aromatic rings. The minimum Gasteiger partial charge on any atom is -0.288 e. The number of halogens is 3. The summed E-state index contributed by atoms with van der Waals surface area (Å²) in [6, 6.07) is 5.15. The first-order valence-electron chi connectivity index (χ1n) is 6.09. The van der Waals surface area contributed by atoms with Gasteiger partial charge in [-0.2, -0.15) is 0 Å². The van der Waals surface area contributed by atoms with E-state index in [-0.39, 0.29) is 5.56 Å². The highest BCUT2D eigenvalue weighted by molar-refractivity contribution is 6.10. The number of carbonyl (C=O) groups excluding carboxylic acids is 1. The van der Waals surface area contributed by atoms with Gasteiger partial charge in [-0.05, 0) is 55.7 Å². The second-order valence-corrected chi connectivity index (χ2v) is 4.80. The van der Waals surface area contributed by atoms with Crippen molar-refractivity contribution in [3.63, 3.8) is 0 Å². The Balaban J connectivity index is 2.58. The third-order valence-corrected chi connectivity index (χ3v) is 3.37. The molecule has 0 bridgehead atoms. The number of carbonyl (C=O) groups is 1. The van der Waals surface area contributed by atoms with Crippen LogP contribution in [0.15, 0.2) is 24.3 Å². The lowest BCUT2D eigenvalue weighted by Crippen LogP contribution is -2.09. The van der Waals surface area contributed by atoms with Crippen LogP contribution in [0.4, 0.5) is 13.2 Å². The highest BCUT2D eigenvalue weighted by atomic mass is 19.2. The molecule has 1 nitrogen and oxygen atoms in total. The Morgan fingerprint density at radius 1 is 0.800 bits per heavy atom. The van der Waals surface area contributed by atoms with E-state index in [2.05, 4.69) is 0 Å². The third kappa shape index (κ3) is 2.33. The number of hydrogen-bond acceptors (Lipinski definition) is 1. The van der Waals surface area contributed by atoms with Crippen molar-refractivity contribution in [2.24, 2.45) is 0 Å². The van der Waals surface area contributed by atoms with E-state index in [1.165, 1.54) is 0 Å². The van der Waals surface area contributed by atoms with Gasteiger partial charge in [0, 0.05) is 5.56 Å². The van der Waals surface area contributed by atoms with E-state index in [9.17, 15) is 18.0 Å². The lowest BCUT2D eigenvalue weighted by atomic mass is 9.94. The van der Waals surface area contributed by atoms with Gasteiger partial charge in [-0.25, -0.2) is 13.2 Å². The van der Waals surface area contributed by atoms with E-state index in [4.69, 9.17) is 0 Å². The van der Waals surface area contributed by atoms with Crippen molar-refractivity contribution in [2.45, 2.75) is 20.8 Å². The number of rotatable bonds is 2. The minimum absolute atomic E-state index is 0.290. The molecule has 0 spiro atoms. The zero-order valence-electron chi connectivity index (χ0n) is 11.4. The molecule has 0 heterocycles. The Morgan fingerprint density at radius 2 is 1.40 bits per heavy atom. The van der Waals surface area contributed by atoms with E-state index in [1.807, 2.05) is 13.8 Å². The van der Waals surface area contributed by atoms with Crippen molar-refractivity contribution in [1.29, 1.82) is 0 Å². The fourth-order valence-corrected chi connectivity index (χ4v) is 2.05. The predicted octanol–water partition coefficient (Wildman–Crippen LogP) is 4.26. The Morgan fingerprint density at radius 3 is 2.05 bits per heavy atom. The number of aryl methyl sites for hydroxylation is 3. The van der Waals surface area contributed by atoms with Crippen molar-refractivity contribution in [2.75, 3.05) is 0 Å². The van der Waals surface area contributed by atoms with Gasteiger partial charge in [0.25, 0.3) is 0 Å². The molecule has 0 amide bonds. The molecule has 0 atom stereocenters. The summed E-state index contributed by atoms with van der Waals surface area (Å²) in [5, 5.41) is 0. The van der Waals surface area contributed by atoms with Gasteiger partial charge in [-0.3, -0.25) is 4.79 Å². The third-order valence-electron chi connectivity index (χ3n) is 3.37. The maximum atomic E-state index is 13.7. The van der Waals surface area contributed by atoms with Crippen LogP contribution in [0.1, 0.15) is 32.6 Å². The van der Waals surface area contributed by atoms with Gasteiger partial charge < -0.3 is 0 Å². The summed E-state index contributed by atoms with van der Waals surface area (Å²) in [4.78, 5) is 12.3. The second kappa shape index (κ2) is 5.12. The summed E-state index contributed by atoms with van der Waals surface area (Å²) >= 11 is 0. The van der Waals surface area contributed by atoms with Crippen LogP contribution in [-0.2, 0) is 0 Å². The van der Waals surface area contributed by atoms with Crippen LogP contribution >= 0.6 is 0 Å². The van der Waals surface area contributed by atoms with Gasteiger partial charge in [-0.1, -0.05) is 6.07 Å². The number of benzene rings is 2. The SMILES string of the molecule is Cc1cc(C)c(C(=O)c2ccc(F)c(F)c2F)cc1C. The van der Waals surface area contributed by atoms with Gasteiger partial charge in [0.05, 0.1) is 5.56 Å². The molecule has 0 N–H and O–H groups in total. The standard InChI is InChI=1S/C16H13F3O/c1-8-6-10(3)12(7-9(8)2)16(20)11-4-5-13(17)15(19)14(11)18/h4-7H,1-3H3. The Hall–Kier alpha value is -2.10. The van der Waals surface area contributed by atoms with E-state index in [0.717, 1.165) is 23.3 Å². The van der Waals surface area contributed by atoms with Crippen LogP contribution in [0.5, 0.6) is 0 Å². The van der Waals surface area contributed by atoms with Crippen molar-refractivity contribution < 1.29 is 18.0 Å². The molecule has 20 heavy (non-hydrogen) atoms. The fourth-order valence-electron chi connectivity index (χ4n) is 2.05. The van der Waals surface area contributed by atoms with Crippen LogP contribution in [0.2, 0.25) is 0 Å². The zero-order chi connectivity index (χ0) is 15.0. The topological polar surface area (TPSA) is 17.1 Å². The molecule has 0 aliphatic carbocycles. The molecule has 0 aliphatic rings. The second-order valence-electron chi connectivity index (χ2n) is 4.80. The molecule has 104 valence electrons. The molecule has 2 rings (SSSR count). The molecule has 4 heteroatoms. The summed E-state index contributed by atoms with van der Waals surface area (Å²) in [6.07, 6.45) is 0.